The molecule has 10 unspecified atom stereocenters. The van der Waals surface area contributed by atoms with Gasteiger partial charge in [0.2, 0.25) is 5.95 Å². The zero-order valence-corrected chi connectivity index (χ0v) is 67.0. The molecule has 0 aliphatic carbocycles. The lowest BCUT2D eigenvalue weighted by Gasteiger charge is -2.38. The summed E-state index contributed by atoms with van der Waals surface area (Å²) >= 11 is 27.7. The Bertz CT molecular complexity index is 5450. The first-order valence-electron chi connectivity index (χ1n) is 33.3. The zero-order valence-electron chi connectivity index (χ0n) is 58.4. The van der Waals surface area contributed by atoms with Gasteiger partial charge in [-0.3, -0.25) is 56.7 Å². The molecule has 111 heavy (non-hydrogen) atoms. The molecular formula is C55H72N17O29P5S5. The largest absolute Gasteiger partial charge is 0.393 e. The van der Waals surface area contributed by atoms with Crippen LogP contribution in [0.25, 0.3) is 22.3 Å². The van der Waals surface area contributed by atoms with Crippen LogP contribution in [-0.4, -0.2) is 222 Å². The highest BCUT2D eigenvalue weighted by Gasteiger charge is 2.70. The van der Waals surface area contributed by atoms with Gasteiger partial charge in [0.1, 0.15) is 90.2 Å². The Labute approximate surface area is 648 Å². The molecule has 606 valence electrons. The minimum absolute atomic E-state index is 0.00410. The Morgan fingerprint density at radius 2 is 1.09 bits per heavy atom. The SMILES string of the molecule is COP(O)(=S)OC1C[C@H](c2[nH]c(=O)[nH]c(=O)c2C)O[C@@H]1COP(O)(=S)OC1C[C@H](n2cc(C)c(=O)[nH]c2=O)O[C@@H]1COP(O)(=S)OC1C[C@H](n2cnc3c(=O)[nH]c(N)nc32)O[C@@H]1COP(O)(=S)OC1[C@@H]2O[C@@H](C)[C@]1(COP(O)(=S)OC1[C@@H]3O[C@@H](C)[C@]1(CO)O[C@H]3n1cc(C)c(N)nc1=O)O[C@H]2n1cnc2c(N)ncnc21. The summed E-state index contributed by atoms with van der Waals surface area (Å²) in [6.45, 7) is -18.6. The second-order valence-corrected chi connectivity index (χ2v) is 40.7. The van der Waals surface area contributed by atoms with Gasteiger partial charge in [-0.15, -0.1) is 0 Å². The van der Waals surface area contributed by atoms with Gasteiger partial charge in [-0.1, -0.05) is 0 Å². The molecule has 14 rings (SSSR count). The van der Waals surface area contributed by atoms with E-state index in [1.54, 1.807) is 20.8 Å². The fourth-order valence-corrected chi connectivity index (χ4v) is 21.0. The third-order valence-corrected chi connectivity index (χ3v) is 27.7. The number of rotatable bonds is 29. The van der Waals surface area contributed by atoms with Gasteiger partial charge in [-0.2, -0.15) is 9.97 Å². The van der Waals surface area contributed by atoms with Crippen molar-refractivity contribution in [2.24, 2.45) is 0 Å². The molecule has 16 N–H and O–H groups in total. The Hall–Kier alpha value is -5.13. The van der Waals surface area contributed by atoms with Crippen LogP contribution in [0.5, 0.6) is 0 Å². The van der Waals surface area contributed by atoms with Crippen molar-refractivity contribution in [2.75, 3.05) is 57.3 Å². The Morgan fingerprint density at radius 3 is 1.72 bits per heavy atom. The molecule has 7 aliphatic heterocycles. The van der Waals surface area contributed by atoms with Crippen molar-refractivity contribution >= 4 is 133 Å². The number of nitrogen functional groups attached to an aromatic ring is 3. The fourth-order valence-electron chi connectivity index (χ4n) is 14.2. The summed E-state index contributed by atoms with van der Waals surface area (Å²) in [5.74, 6) is -0.331. The maximum absolute atomic E-state index is 13.4. The van der Waals surface area contributed by atoms with Crippen molar-refractivity contribution in [2.45, 2.75) is 169 Å². The number of aliphatic hydroxyl groups excluding tert-OH is 1. The molecule has 7 aliphatic rings. The summed E-state index contributed by atoms with van der Waals surface area (Å²) in [6.07, 6.45) is -16.1. The van der Waals surface area contributed by atoms with Crippen LogP contribution in [0.2, 0.25) is 0 Å². The highest BCUT2D eigenvalue weighted by molar-refractivity contribution is 8.08. The van der Waals surface area contributed by atoms with E-state index in [0.29, 0.717) is 5.56 Å². The number of hydrogen-bond acceptors (Lipinski definition) is 38. The van der Waals surface area contributed by atoms with E-state index in [9.17, 15) is 58.3 Å². The van der Waals surface area contributed by atoms with Crippen LogP contribution in [0.4, 0.5) is 17.6 Å². The first-order valence-corrected chi connectivity index (χ1v) is 46.2. The number of aliphatic hydroxyl groups is 1. The normalized spacial score (nSPS) is 33.2. The molecular weight excluding hydrogens is 1680 g/mol. The molecule has 7 aromatic heterocycles. The molecule has 0 spiro atoms. The number of hydrogen-bond donors (Lipinski definition) is 13. The average Bonchev–Trinajstić information content (AvgIpc) is 1.55. The second-order valence-electron chi connectivity index (χ2n) is 26.7. The minimum Gasteiger partial charge on any atom is -0.393 e. The lowest BCUT2D eigenvalue weighted by Crippen LogP contribution is -2.51. The molecule has 7 fully saturated rings. The molecule has 0 amide bonds. The number of aryl methyl sites for hydroxylation is 2. The maximum Gasteiger partial charge on any atom is 0.351 e. The number of aromatic amines is 4. The Kier molecular flexibility index (Phi) is 23.1. The summed E-state index contributed by atoms with van der Waals surface area (Å²) in [6, 6.07) is 0. The van der Waals surface area contributed by atoms with Gasteiger partial charge < -0.3 is 121 Å². The molecule has 7 aromatic rings. The van der Waals surface area contributed by atoms with Gasteiger partial charge in [0.25, 0.3) is 16.7 Å². The van der Waals surface area contributed by atoms with Gasteiger partial charge in [0, 0.05) is 55.5 Å². The van der Waals surface area contributed by atoms with E-state index in [2.05, 4.69) is 49.8 Å². The topological polar surface area (TPSA) is 619 Å². The predicted molar refractivity (Wildman–Crippen MR) is 397 cm³/mol. The zero-order chi connectivity index (χ0) is 79.7. The molecule has 7 saturated heterocycles. The summed E-state index contributed by atoms with van der Waals surface area (Å²) in [4.78, 5) is 171. The van der Waals surface area contributed by atoms with E-state index in [1.807, 2.05) is 0 Å². The molecule has 24 atom stereocenters. The molecule has 0 radical (unpaired) electrons. The number of nitrogens with zero attached hydrogens (tertiary/aromatic N) is 10. The third kappa shape index (κ3) is 16.3. The highest BCUT2D eigenvalue weighted by Crippen LogP contribution is 2.62. The predicted octanol–water partition coefficient (Wildman–Crippen LogP) is -1.25. The van der Waals surface area contributed by atoms with Crippen LogP contribution < -0.4 is 50.9 Å². The second kappa shape index (κ2) is 31.1. The number of aromatic nitrogens is 14. The van der Waals surface area contributed by atoms with Crippen LogP contribution in [0.1, 0.15) is 86.5 Å². The van der Waals surface area contributed by atoms with Crippen LogP contribution in [0.15, 0.2) is 60.1 Å². The number of H-pyrrole nitrogens is 4. The van der Waals surface area contributed by atoms with Crippen LogP contribution >= 0.6 is 33.6 Å². The van der Waals surface area contributed by atoms with Gasteiger partial charge in [-0.25, -0.2) is 34.3 Å². The van der Waals surface area contributed by atoms with E-state index >= 15 is 0 Å². The number of ether oxygens (including phenoxy) is 7. The van der Waals surface area contributed by atoms with Gasteiger partial charge >= 0.3 is 50.7 Å². The van der Waals surface area contributed by atoms with Crippen LogP contribution in [0, 0.1) is 20.8 Å². The molecule has 46 nitrogen and oxygen atoms in total. The monoisotopic (exact) mass is 1750 g/mol. The minimum atomic E-state index is -4.74. The standard InChI is InChI=1S/C55H72N17O29P5S5/c1-20-10-70(52(78)64-41(20)56)48-37-39(54(15-73,95-48)23(4)90-37)100-106(84,111)89-16-55-24(5)91-38(49(96-55)72-19-61-35-42(57)59-17-60-43(35)72)40(55)101-105(83,110)88-14-31-27(9-33(94-31)71-18-62-36-44(71)65-50(58)66-47(36)76)99-104(82,109)87-13-30-26(8-32(93-30)69-11-21(2)45(74)68-53(69)79)98-103(81,108)86-12-29-25(97-102(80,107)85-6)7-28(92-29)34-22(3)46(75)67-51(77)63-34/h10-11,17-19,23-33,37-40,48-49,73H,7-9,12-16H2,1-6H3,(H,80,107)(H,81,108)(H,82,109)(H,83,110)(H,84,111)(H2,56,64,78)(H2,57,59,60)(H,68,74,79)(H3,58,65,66,76)(H2,63,67,75,77)/t23-,24-,25?,26?,27?,28+,29+,30+,31+,32+,33+,37-,38-,39?,40?,48+,49+,54-,55-,102?,103?,104?,105?,106?/m0/s1. The van der Waals surface area contributed by atoms with Crippen molar-refractivity contribution in [3.8, 4) is 0 Å². The van der Waals surface area contributed by atoms with E-state index in [1.165, 1.54) is 54.4 Å². The molecule has 14 heterocycles. The molecule has 56 heteroatoms. The van der Waals surface area contributed by atoms with Crippen molar-refractivity contribution < 1.29 is 108 Å². The van der Waals surface area contributed by atoms with Crippen molar-refractivity contribution in [3.63, 3.8) is 0 Å². The number of anilines is 3. The fraction of sp³-hybridized carbons (Fsp3) is 0.600. The van der Waals surface area contributed by atoms with Crippen LogP contribution in [-0.2, 0) is 137 Å². The van der Waals surface area contributed by atoms with Gasteiger partial charge in [-0.05, 0) is 93.7 Å². The number of nitrogens with one attached hydrogen (secondary N) is 4. The number of imidazole rings is 2. The van der Waals surface area contributed by atoms with Gasteiger partial charge in [0.05, 0.1) is 81.9 Å². The van der Waals surface area contributed by atoms with E-state index in [-0.39, 0.29) is 76.0 Å². The van der Waals surface area contributed by atoms with Crippen molar-refractivity contribution in [1.29, 1.82) is 0 Å². The highest BCUT2D eigenvalue weighted by atomic mass is 32.5. The summed E-state index contributed by atoms with van der Waals surface area (Å²) in [7, 11) is 1.11. The smallest absolute Gasteiger partial charge is 0.351 e. The maximum atomic E-state index is 13.4. The average molecular weight is 1750 g/mol. The van der Waals surface area contributed by atoms with E-state index in [0.717, 1.165) is 16.2 Å². The van der Waals surface area contributed by atoms with Crippen LogP contribution in [0.3, 0.4) is 0 Å². The first-order chi connectivity index (χ1) is 52.2. The molecule has 0 saturated carbocycles. The lowest BCUT2D eigenvalue weighted by molar-refractivity contribution is -0.219. The first kappa shape index (κ1) is 82.4. The molecule has 0 aromatic carbocycles. The lowest BCUT2D eigenvalue weighted by atomic mass is 9.94. The quantitative estimate of drug-likeness (QED) is 0.0244. The van der Waals surface area contributed by atoms with E-state index < -0.39 is 216 Å². The molecule has 4 bridgehead atoms. The third-order valence-electron chi connectivity index (χ3n) is 19.8. The number of fused-ring (bicyclic) bond motifs is 6. The summed E-state index contributed by atoms with van der Waals surface area (Å²) < 4.78 is 109. The van der Waals surface area contributed by atoms with Crippen molar-refractivity contribution in [1.82, 2.24) is 68.1 Å². The summed E-state index contributed by atoms with van der Waals surface area (Å²) in [5.41, 5.74) is 10.4. The summed E-state index contributed by atoms with van der Waals surface area (Å²) in [5, 5.41) is 10.9. The van der Waals surface area contributed by atoms with Gasteiger partial charge in [0.15, 0.2) is 35.1 Å². The van der Waals surface area contributed by atoms with E-state index in [4.69, 9.17) is 155 Å². The Balaban J connectivity index is 0.707. The Morgan fingerprint density at radius 1 is 0.559 bits per heavy atom. The van der Waals surface area contributed by atoms with Crippen molar-refractivity contribution in [3.05, 3.63) is 116 Å². The number of nitrogens with two attached hydrogens (primary N) is 3.